The molecule has 1 aromatic carbocycles. The van der Waals surface area contributed by atoms with Gasteiger partial charge in [0.05, 0.1) is 6.20 Å². The standard InChI is InChI=1S/C15H16F3N3O3S/c1-20-5-9(4-19-20)11-7-21(6-10(11)8-22)25(23,24)13-3-2-12(16)14(17)15(13)18/h2-5,10-11,22H,6-8H2,1H3/t10-,11-/m0/s1. The first kappa shape index (κ1) is 17.9. The molecule has 0 amide bonds. The van der Waals surface area contributed by atoms with Crippen molar-refractivity contribution >= 4 is 10.0 Å². The fourth-order valence-electron chi connectivity index (χ4n) is 3.07. The van der Waals surface area contributed by atoms with Crippen LogP contribution in [0, 0.1) is 23.4 Å². The summed E-state index contributed by atoms with van der Waals surface area (Å²) in [7, 11) is -2.67. The minimum Gasteiger partial charge on any atom is -0.396 e. The molecule has 2 heterocycles. The summed E-state index contributed by atoms with van der Waals surface area (Å²) in [6.07, 6.45) is 3.28. The maximum absolute atomic E-state index is 13.9. The monoisotopic (exact) mass is 375 g/mol. The number of aliphatic hydroxyl groups is 1. The topological polar surface area (TPSA) is 75.4 Å². The number of rotatable bonds is 4. The molecule has 0 spiro atoms. The predicted molar refractivity (Wildman–Crippen MR) is 81.6 cm³/mol. The Balaban J connectivity index is 1.95. The quantitative estimate of drug-likeness (QED) is 0.816. The van der Waals surface area contributed by atoms with Crippen LogP contribution >= 0.6 is 0 Å². The van der Waals surface area contributed by atoms with E-state index in [-0.39, 0.29) is 25.6 Å². The highest BCUT2D eigenvalue weighted by Crippen LogP contribution is 2.36. The molecule has 2 atom stereocenters. The third-order valence-electron chi connectivity index (χ3n) is 4.41. The molecule has 1 aliphatic heterocycles. The van der Waals surface area contributed by atoms with E-state index in [0.29, 0.717) is 12.1 Å². The molecule has 10 heteroatoms. The molecule has 1 saturated heterocycles. The molecule has 1 fully saturated rings. The number of nitrogens with zero attached hydrogens (tertiary/aromatic N) is 3. The molecular weight excluding hydrogens is 359 g/mol. The molecule has 0 radical (unpaired) electrons. The van der Waals surface area contributed by atoms with Crippen LogP contribution in [-0.4, -0.2) is 47.3 Å². The van der Waals surface area contributed by atoms with E-state index in [1.54, 1.807) is 24.1 Å². The summed E-state index contributed by atoms with van der Waals surface area (Å²) in [6.45, 7) is -0.347. The Hall–Kier alpha value is -1.91. The first-order chi connectivity index (χ1) is 11.8. The van der Waals surface area contributed by atoms with E-state index in [2.05, 4.69) is 5.10 Å². The van der Waals surface area contributed by atoms with Crippen LogP contribution in [0.1, 0.15) is 11.5 Å². The maximum atomic E-state index is 13.9. The molecule has 6 nitrogen and oxygen atoms in total. The Morgan fingerprint density at radius 3 is 2.56 bits per heavy atom. The van der Waals surface area contributed by atoms with Gasteiger partial charge in [-0.15, -0.1) is 0 Å². The van der Waals surface area contributed by atoms with Crippen LogP contribution in [0.3, 0.4) is 0 Å². The lowest BCUT2D eigenvalue weighted by Gasteiger charge is -2.17. The summed E-state index contributed by atoms with van der Waals surface area (Å²) in [5, 5.41) is 13.6. The molecule has 25 heavy (non-hydrogen) atoms. The normalized spacial score (nSPS) is 21.8. The van der Waals surface area contributed by atoms with E-state index >= 15 is 0 Å². The zero-order valence-electron chi connectivity index (χ0n) is 13.2. The van der Waals surface area contributed by atoms with Crippen molar-refractivity contribution in [1.82, 2.24) is 14.1 Å². The molecule has 3 rings (SSSR count). The largest absolute Gasteiger partial charge is 0.396 e. The van der Waals surface area contributed by atoms with Crippen molar-refractivity contribution in [2.45, 2.75) is 10.8 Å². The number of hydrogen-bond acceptors (Lipinski definition) is 4. The molecule has 0 bridgehead atoms. The van der Waals surface area contributed by atoms with E-state index in [4.69, 9.17) is 0 Å². The number of aromatic nitrogens is 2. The Bertz CT molecular complexity index is 901. The van der Waals surface area contributed by atoms with Gasteiger partial charge < -0.3 is 5.11 Å². The van der Waals surface area contributed by atoms with Gasteiger partial charge in [0.1, 0.15) is 4.90 Å². The van der Waals surface area contributed by atoms with Gasteiger partial charge in [-0.05, 0) is 17.7 Å². The molecule has 0 unspecified atom stereocenters. The molecule has 0 saturated carbocycles. The van der Waals surface area contributed by atoms with Crippen LogP contribution in [0.15, 0.2) is 29.4 Å². The Kier molecular flexibility index (Phi) is 4.60. The predicted octanol–water partition coefficient (Wildman–Crippen LogP) is 1.23. The Morgan fingerprint density at radius 2 is 1.96 bits per heavy atom. The van der Waals surface area contributed by atoms with E-state index in [0.717, 1.165) is 9.87 Å². The molecule has 136 valence electrons. The molecule has 1 N–H and O–H groups in total. The summed E-state index contributed by atoms with van der Waals surface area (Å²) in [5.41, 5.74) is 0.741. The van der Waals surface area contributed by atoms with Gasteiger partial charge in [-0.3, -0.25) is 4.68 Å². The SMILES string of the molecule is Cn1cc([C@@H]2CN(S(=O)(=O)c3ccc(F)c(F)c3F)C[C@H]2CO)cn1. The highest BCUT2D eigenvalue weighted by atomic mass is 32.2. The van der Waals surface area contributed by atoms with Crippen molar-refractivity contribution in [2.24, 2.45) is 13.0 Å². The zero-order chi connectivity index (χ0) is 18.4. The second kappa shape index (κ2) is 6.43. The number of halogens is 3. The lowest BCUT2D eigenvalue weighted by molar-refractivity contribution is 0.223. The smallest absolute Gasteiger partial charge is 0.246 e. The summed E-state index contributed by atoms with van der Waals surface area (Å²) < 4.78 is 68.2. The minimum absolute atomic E-state index is 0.0162. The van der Waals surface area contributed by atoms with Crippen molar-refractivity contribution in [3.63, 3.8) is 0 Å². The third-order valence-corrected chi connectivity index (χ3v) is 6.26. The number of sulfonamides is 1. The molecule has 2 aromatic rings. The van der Waals surface area contributed by atoms with Crippen LogP contribution in [0.4, 0.5) is 13.2 Å². The number of benzene rings is 1. The van der Waals surface area contributed by atoms with Crippen LogP contribution < -0.4 is 0 Å². The van der Waals surface area contributed by atoms with Gasteiger partial charge >= 0.3 is 0 Å². The van der Waals surface area contributed by atoms with Crippen molar-refractivity contribution in [2.75, 3.05) is 19.7 Å². The molecule has 1 aliphatic rings. The fraction of sp³-hybridized carbons (Fsp3) is 0.400. The highest BCUT2D eigenvalue weighted by Gasteiger charge is 2.41. The first-order valence-electron chi connectivity index (χ1n) is 7.48. The average molecular weight is 375 g/mol. The molecular formula is C15H16F3N3O3S. The Morgan fingerprint density at radius 1 is 1.24 bits per heavy atom. The first-order valence-corrected chi connectivity index (χ1v) is 8.92. The van der Waals surface area contributed by atoms with Gasteiger partial charge in [0.15, 0.2) is 17.5 Å². The number of hydrogen-bond donors (Lipinski definition) is 1. The summed E-state index contributed by atoms with van der Waals surface area (Å²) in [4.78, 5) is -0.921. The van der Waals surface area contributed by atoms with E-state index in [1.165, 1.54) is 0 Å². The fourth-order valence-corrected chi connectivity index (χ4v) is 4.65. The number of aliphatic hydroxyl groups excluding tert-OH is 1. The van der Waals surface area contributed by atoms with Gasteiger partial charge in [-0.2, -0.15) is 9.40 Å². The highest BCUT2D eigenvalue weighted by molar-refractivity contribution is 7.89. The summed E-state index contributed by atoms with van der Waals surface area (Å²) in [5.74, 6) is -5.78. The van der Waals surface area contributed by atoms with Crippen LogP contribution in [-0.2, 0) is 17.1 Å². The van der Waals surface area contributed by atoms with Gasteiger partial charge in [-0.1, -0.05) is 0 Å². The van der Waals surface area contributed by atoms with Crippen LogP contribution in [0.2, 0.25) is 0 Å². The van der Waals surface area contributed by atoms with Crippen molar-refractivity contribution in [1.29, 1.82) is 0 Å². The zero-order valence-corrected chi connectivity index (χ0v) is 14.0. The lowest BCUT2D eigenvalue weighted by Crippen LogP contribution is -2.30. The van der Waals surface area contributed by atoms with E-state index in [1.807, 2.05) is 0 Å². The van der Waals surface area contributed by atoms with E-state index < -0.39 is 38.3 Å². The van der Waals surface area contributed by atoms with Crippen molar-refractivity contribution in [3.8, 4) is 0 Å². The van der Waals surface area contributed by atoms with Crippen molar-refractivity contribution < 1.29 is 26.7 Å². The summed E-state index contributed by atoms with van der Waals surface area (Å²) in [6, 6.07) is 1.28. The summed E-state index contributed by atoms with van der Waals surface area (Å²) >= 11 is 0. The molecule has 0 aliphatic carbocycles. The second-order valence-corrected chi connectivity index (χ2v) is 7.90. The average Bonchev–Trinajstić information content (AvgIpc) is 3.18. The van der Waals surface area contributed by atoms with Crippen LogP contribution in [0.25, 0.3) is 0 Å². The third kappa shape index (κ3) is 3.05. The van der Waals surface area contributed by atoms with Crippen LogP contribution in [0.5, 0.6) is 0 Å². The van der Waals surface area contributed by atoms with Gasteiger partial charge in [-0.25, -0.2) is 21.6 Å². The van der Waals surface area contributed by atoms with Gasteiger partial charge in [0.2, 0.25) is 10.0 Å². The number of aryl methyl sites for hydroxylation is 1. The van der Waals surface area contributed by atoms with Crippen molar-refractivity contribution in [3.05, 3.63) is 47.5 Å². The second-order valence-electron chi connectivity index (χ2n) is 5.99. The minimum atomic E-state index is -4.37. The van der Waals surface area contributed by atoms with Gasteiger partial charge in [0, 0.05) is 44.8 Å². The van der Waals surface area contributed by atoms with Gasteiger partial charge in [0.25, 0.3) is 0 Å². The molecule has 1 aromatic heterocycles. The lowest BCUT2D eigenvalue weighted by atomic mass is 9.92. The Labute approximate surface area is 142 Å². The maximum Gasteiger partial charge on any atom is 0.246 e. The van der Waals surface area contributed by atoms with E-state index in [9.17, 15) is 26.7 Å².